The lowest BCUT2D eigenvalue weighted by Gasteiger charge is -2.34. The molecule has 1 heterocycles. The maximum atomic E-state index is 15.3. The van der Waals surface area contributed by atoms with E-state index in [-0.39, 0.29) is 0 Å². The van der Waals surface area contributed by atoms with Crippen LogP contribution < -0.4 is 20.7 Å². The fraction of sp³-hybridized carbons (Fsp3) is 0.0164. The Bertz CT molecular complexity index is 3430. The van der Waals surface area contributed by atoms with Gasteiger partial charge in [0.2, 0.25) is 0 Å². The Kier molecular flexibility index (Phi) is 9.33. The maximum absolute atomic E-state index is 15.3. The van der Waals surface area contributed by atoms with Gasteiger partial charge in [0.1, 0.15) is 11.5 Å². The van der Waals surface area contributed by atoms with E-state index in [0.717, 1.165) is 27.4 Å². The Morgan fingerprint density at radius 3 is 1.37 bits per heavy atom. The van der Waals surface area contributed by atoms with Gasteiger partial charge < -0.3 is 13.9 Å². The molecule has 0 amide bonds. The lowest BCUT2D eigenvalue weighted by Crippen LogP contribution is -2.28. The van der Waals surface area contributed by atoms with Crippen molar-refractivity contribution in [1.82, 2.24) is 4.57 Å². The number of aromatic nitrogens is 1. The third-order valence-electron chi connectivity index (χ3n) is 13.3. The number of nitrogens with zero attached hydrogens (tertiary/aromatic N) is 1. The lowest BCUT2D eigenvalue weighted by molar-refractivity contribution is 0.486. The number of rotatable bonds is 9. The molecular weight excluding hydrogens is 810 g/mol. The van der Waals surface area contributed by atoms with Crippen LogP contribution in [-0.4, -0.2) is 4.57 Å². The molecule has 1 aliphatic rings. The molecule has 0 spiro atoms. The van der Waals surface area contributed by atoms with Gasteiger partial charge in [0.05, 0.1) is 21.8 Å². The van der Waals surface area contributed by atoms with Crippen LogP contribution in [0.2, 0.25) is 0 Å². The highest BCUT2D eigenvalue weighted by Gasteiger charge is 2.46. The smallest absolute Gasteiger partial charge is 0.174 e. The minimum atomic E-state index is -3.25. The average Bonchev–Trinajstić information content (AvgIpc) is 3.88. The van der Waals surface area contributed by atoms with Gasteiger partial charge in [-0.25, -0.2) is 0 Å². The van der Waals surface area contributed by atoms with E-state index in [9.17, 15) is 0 Å². The highest BCUT2D eigenvalue weighted by Crippen LogP contribution is 2.56. The predicted octanol–water partition coefficient (Wildman–Crippen LogP) is 14.2. The minimum absolute atomic E-state index is 0.533. The SMILES string of the molecule is O=P(c1ccccc1)(c1ccccc1)c1ccccc1Oc1ccc(-c2ccc(C3(c4ccc(-n5c6ccccc6c6ccccc65)cc4)c4ccccc4-c4ccccc43)cc2)cc1. The van der Waals surface area contributed by atoms with Crippen LogP contribution in [0, 0.1) is 0 Å². The van der Waals surface area contributed by atoms with Crippen molar-refractivity contribution in [3.05, 3.63) is 277 Å². The molecule has 1 aromatic heterocycles. The second kappa shape index (κ2) is 15.7. The summed E-state index contributed by atoms with van der Waals surface area (Å²) in [6.07, 6.45) is 0. The van der Waals surface area contributed by atoms with Crippen molar-refractivity contribution >= 4 is 44.9 Å². The number of benzene rings is 10. The molecule has 0 aliphatic heterocycles. The summed E-state index contributed by atoms with van der Waals surface area (Å²) in [6, 6.07) is 88.8. The fourth-order valence-electron chi connectivity index (χ4n) is 10.3. The van der Waals surface area contributed by atoms with Crippen molar-refractivity contribution in [3.63, 3.8) is 0 Å². The number of para-hydroxylation sites is 3. The molecule has 65 heavy (non-hydrogen) atoms. The first-order valence-electron chi connectivity index (χ1n) is 22.1. The molecule has 3 nitrogen and oxygen atoms in total. The second-order valence-electron chi connectivity index (χ2n) is 16.7. The van der Waals surface area contributed by atoms with Crippen molar-refractivity contribution < 1.29 is 9.30 Å². The van der Waals surface area contributed by atoms with Crippen LogP contribution in [0.25, 0.3) is 49.7 Å². The zero-order valence-electron chi connectivity index (χ0n) is 35.5. The number of fused-ring (bicyclic) bond motifs is 6. The second-order valence-corrected chi connectivity index (χ2v) is 19.4. The first-order valence-corrected chi connectivity index (χ1v) is 23.8. The van der Waals surface area contributed by atoms with Gasteiger partial charge in [-0.3, -0.25) is 0 Å². The molecule has 11 aromatic rings. The molecule has 0 unspecified atom stereocenters. The fourth-order valence-corrected chi connectivity index (χ4v) is 13.1. The molecule has 308 valence electrons. The topological polar surface area (TPSA) is 31.2 Å². The van der Waals surface area contributed by atoms with Crippen molar-refractivity contribution in [2.24, 2.45) is 0 Å². The number of hydrogen-bond acceptors (Lipinski definition) is 2. The Labute approximate surface area is 378 Å². The summed E-state index contributed by atoms with van der Waals surface area (Å²) in [4.78, 5) is 0. The van der Waals surface area contributed by atoms with Crippen LogP contribution >= 0.6 is 7.14 Å². The normalized spacial score (nSPS) is 12.8. The molecular formula is C61H42NO2P. The molecule has 1 aliphatic carbocycles. The van der Waals surface area contributed by atoms with E-state index in [1.807, 2.05) is 97.1 Å². The first-order chi connectivity index (χ1) is 32.1. The van der Waals surface area contributed by atoms with E-state index < -0.39 is 12.6 Å². The van der Waals surface area contributed by atoms with Gasteiger partial charge >= 0.3 is 0 Å². The van der Waals surface area contributed by atoms with Gasteiger partial charge in [-0.05, 0) is 93.0 Å². The van der Waals surface area contributed by atoms with Gasteiger partial charge in [0.15, 0.2) is 7.14 Å². The molecule has 0 saturated heterocycles. The third-order valence-corrected chi connectivity index (χ3v) is 16.4. The van der Waals surface area contributed by atoms with Crippen molar-refractivity contribution in [2.75, 3.05) is 0 Å². The Balaban J connectivity index is 0.908. The van der Waals surface area contributed by atoms with Gasteiger partial charge in [0.25, 0.3) is 0 Å². The summed E-state index contributed by atoms with van der Waals surface area (Å²) in [5.41, 5.74) is 12.7. The monoisotopic (exact) mass is 851 g/mol. The third kappa shape index (κ3) is 6.15. The highest BCUT2D eigenvalue weighted by molar-refractivity contribution is 7.85. The molecule has 4 heteroatoms. The Morgan fingerprint density at radius 2 is 0.815 bits per heavy atom. The van der Waals surface area contributed by atoms with Crippen LogP contribution in [0.4, 0.5) is 0 Å². The standard InChI is InChI=1S/C61H42NO2P/c63-65(49-17-3-1-4-18-49,50-19-5-2-6-20-50)60-30-16-15-29-59(60)64-48-41-33-44(34-42-48)43-31-35-45(36-32-43)61(55-25-11-7-21-51(55)52-22-8-12-26-56(52)61)46-37-39-47(40-38-46)62-57-27-13-9-23-53(57)54-24-10-14-28-58(54)62/h1-42H. The highest BCUT2D eigenvalue weighted by atomic mass is 31.2. The van der Waals surface area contributed by atoms with Crippen molar-refractivity contribution in [1.29, 1.82) is 0 Å². The minimum Gasteiger partial charge on any atom is -0.457 e. The molecule has 0 bridgehead atoms. The molecule has 0 saturated carbocycles. The predicted molar refractivity (Wildman–Crippen MR) is 269 cm³/mol. The van der Waals surface area contributed by atoms with Gasteiger partial charge in [0, 0.05) is 27.1 Å². The van der Waals surface area contributed by atoms with E-state index in [1.54, 1.807) is 0 Å². The van der Waals surface area contributed by atoms with Crippen molar-refractivity contribution in [2.45, 2.75) is 5.41 Å². The molecule has 0 fully saturated rings. The van der Waals surface area contributed by atoms with E-state index in [4.69, 9.17) is 4.74 Å². The summed E-state index contributed by atoms with van der Waals surface area (Å²) in [5, 5.41) is 4.71. The van der Waals surface area contributed by atoms with Crippen LogP contribution in [0.5, 0.6) is 11.5 Å². The molecule has 0 N–H and O–H groups in total. The summed E-state index contributed by atoms with van der Waals surface area (Å²) < 4.78 is 24.3. The quantitative estimate of drug-likeness (QED) is 0.136. The van der Waals surface area contributed by atoms with Crippen LogP contribution in [0.3, 0.4) is 0 Å². The van der Waals surface area contributed by atoms with Gasteiger partial charge in [-0.1, -0.05) is 206 Å². The Hall–Kier alpha value is -7.97. The zero-order valence-corrected chi connectivity index (χ0v) is 36.4. The summed E-state index contributed by atoms with van der Waals surface area (Å²) in [7, 11) is -3.25. The maximum Gasteiger partial charge on any atom is 0.174 e. The van der Waals surface area contributed by atoms with Crippen LogP contribution in [-0.2, 0) is 9.98 Å². The van der Waals surface area contributed by atoms with Gasteiger partial charge in [-0.15, -0.1) is 0 Å². The summed E-state index contributed by atoms with van der Waals surface area (Å²) in [5.74, 6) is 1.25. The lowest BCUT2D eigenvalue weighted by atomic mass is 9.67. The average molecular weight is 852 g/mol. The summed E-state index contributed by atoms with van der Waals surface area (Å²) in [6.45, 7) is 0. The van der Waals surface area contributed by atoms with Crippen LogP contribution in [0.15, 0.2) is 255 Å². The summed E-state index contributed by atoms with van der Waals surface area (Å²) >= 11 is 0. The first kappa shape index (κ1) is 38.7. The van der Waals surface area contributed by atoms with Gasteiger partial charge in [-0.2, -0.15) is 0 Å². The van der Waals surface area contributed by atoms with E-state index in [1.165, 1.54) is 55.2 Å². The largest absolute Gasteiger partial charge is 0.457 e. The zero-order chi connectivity index (χ0) is 43.4. The van der Waals surface area contributed by atoms with Crippen LogP contribution in [0.1, 0.15) is 22.3 Å². The number of ether oxygens (including phenoxy) is 1. The van der Waals surface area contributed by atoms with E-state index >= 15 is 4.57 Å². The number of hydrogen-bond donors (Lipinski definition) is 0. The molecule has 10 aromatic carbocycles. The van der Waals surface area contributed by atoms with Crippen molar-refractivity contribution in [3.8, 4) is 39.4 Å². The molecule has 0 radical (unpaired) electrons. The molecule has 0 atom stereocenters. The molecule has 12 rings (SSSR count). The van der Waals surface area contributed by atoms with E-state index in [2.05, 4.69) is 162 Å². The van der Waals surface area contributed by atoms with E-state index in [0.29, 0.717) is 16.8 Å². The Morgan fingerprint density at radius 1 is 0.385 bits per heavy atom.